The largest absolute Gasteiger partial charge is 0.448 e. The van der Waals surface area contributed by atoms with E-state index in [4.69, 9.17) is 27.9 Å². The van der Waals surface area contributed by atoms with Crippen molar-refractivity contribution < 1.29 is 14.3 Å². The van der Waals surface area contributed by atoms with Crippen LogP contribution < -0.4 is 10.2 Å². The van der Waals surface area contributed by atoms with E-state index in [0.29, 0.717) is 36.1 Å². The molecule has 5 rings (SSSR count). The van der Waals surface area contributed by atoms with Gasteiger partial charge >= 0.3 is 6.09 Å². The van der Waals surface area contributed by atoms with Crippen LogP contribution in [0.5, 0.6) is 0 Å². The summed E-state index contributed by atoms with van der Waals surface area (Å²) in [4.78, 5) is 33.3. The topological polar surface area (TPSA) is 65.1 Å². The van der Waals surface area contributed by atoms with Gasteiger partial charge < -0.3 is 19.9 Å². The zero-order valence-corrected chi connectivity index (χ0v) is 24.0. The summed E-state index contributed by atoms with van der Waals surface area (Å²) in [6.45, 7) is 4.97. The number of piperazine rings is 1. The summed E-state index contributed by atoms with van der Waals surface area (Å²) in [6.07, 6.45) is 0.870. The van der Waals surface area contributed by atoms with Crippen molar-refractivity contribution in [2.75, 3.05) is 50.8 Å². The second-order valence-electron chi connectivity index (χ2n) is 9.71. The third kappa shape index (κ3) is 6.87. The molecule has 1 N–H and O–H groups in total. The van der Waals surface area contributed by atoms with E-state index in [0.717, 1.165) is 38.2 Å². The zero-order valence-electron chi connectivity index (χ0n) is 21.7. The quantitative estimate of drug-likeness (QED) is 0.335. The van der Waals surface area contributed by atoms with Crippen LogP contribution in [0.1, 0.15) is 16.0 Å². The van der Waals surface area contributed by atoms with Gasteiger partial charge in [0.2, 0.25) is 5.91 Å². The van der Waals surface area contributed by atoms with Gasteiger partial charge in [-0.15, -0.1) is 11.3 Å². The van der Waals surface area contributed by atoms with E-state index in [1.54, 1.807) is 23.5 Å². The molecule has 39 heavy (non-hydrogen) atoms. The summed E-state index contributed by atoms with van der Waals surface area (Å²) in [5, 5.41) is 6.70. The normalized spacial score (nSPS) is 16.5. The number of nitrogens with zero attached hydrogens (tertiary/aromatic N) is 3. The summed E-state index contributed by atoms with van der Waals surface area (Å²) in [5.41, 5.74) is 3.22. The molecule has 2 amide bonds. The first-order valence-corrected chi connectivity index (χ1v) is 14.8. The molecule has 1 atom stereocenters. The molecule has 2 aliphatic rings. The minimum atomic E-state index is -0.676. The lowest BCUT2D eigenvalue weighted by atomic mass is 10.0. The first-order valence-electron chi connectivity index (χ1n) is 13.2. The number of amides is 2. The lowest BCUT2D eigenvalue weighted by Crippen LogP contribution is -2.56. The first kappa shape index (κ1) is 27.8. The number of hydrogen-bond acceptors (Lipinski definition) is 6. The van der Waals surface area contributed by atoms with Gasteiger partial charge in [0.1, 0.15) is 12.6 Å². The minimum absolute atomic E-state index is 0.0805. The van der Waals surface area contributed by atoms with Crippen LogP contribution in [0.3, 0.4) is 0 Å². The molecule has 3 heterocycles. The van der Waals surface area contributed by atoms with Crippen LogP contribution >= 0.6 is 34.5 Å². The van der Waals surface area contributed by atoms with Crippen molar-refractivity contribution in [2.45, 2.75) is 25.4 Å². The third-order valence-corrected chi connectivity index (χ3v) is 8.77. The Morgan fingerprint density at radius 3 is 2.54 bits per heavy atom. The number of halogens is 2. The molecular formula is C29H32Cl2N4O3S. The van der Waals surface area contributed by atoms with E-state index in [9.17, 15) is 9.59 Å². The van der Waals surface area contributed by atoms with Gasteiger partial charge in [0.25, 0.3) is 0 Å². The first-order chi connectivity index (χ1) is 19.0. The number of cyclic esters (lactones) is 1. The molecule has 0 radical (unpaired) electrons. The predicted octanol–water partition coefficient (Wildman–Crippen LogP) is 5.10. The van der Waals surface area contributed by atoms with Crippen molar-refractivity contribution in [2.24, 2.45) is 0 Å². The highest BCUT2D eigenvalue weighted by Gasteiger charge is 2.38. The number of thiophene rings is 1. The molecule has 10 heteroatoms. The molecule has 1 aromatic heterocycles. The number of carbonyl (C=O) groups is 2. The number of para-hydroxylation sites is 1. The van der Waals surface area contributed by atoms with Crippen LogP contribution in [0.25, 0.3) is 0 Å². The van der Waals surface area contributed by atoms with Crippen molar-refractivity contribution >= 4 is 52.2 Å². The second-order valence-corrected chi connectivity index (χ2v) is 11.6. The summed E-state index contributed by atoms with van der Waals surface area (Å²) >= 11 is 14.3. The standard InChI is InChI=1S/C29H32Cl2N4O3S/c30-23-8-7-21(25(31)19-23)18-27(35-15-16-38-29(35)37)28(36)34-13-11-33(12-14-34)26-6-2-1-4-22(26)20-32-10-9-24-5-3-17-39-24/h1-8,17,19,27,32H,9-16,18,20H2/t27-/m1/s1. The number of ether oxygens (including phenoxy) is 1. The molecule has 2 aliphatic heterocycles. The van der Waals surface area contributed by atoms with Crippen LogP contribution in [0, 0.1) is 0 Å². The van der Waals surface area contributed by atoms with Crippen molar-refractivity contribution in [3.05, 3.63) is 86.0 Å². The minimum Gasteiger partial charge on any atom is -0.448 e. The van der Waals surface area contributed by atoms with Gasteiger partial charge in [-0.1, -0.05) is 53.5 Å². The van der Waals surface area contributed by atoms with Gasteiger partial charge in [0.15, 0.2) is 0 Å². The molecule has 0 unspecified atom stereocenters. The summed E-state index contributed by atoms with van der Waals surface area (Å²) in [6, 6.07) is 17.3. The Hall–Kier alpha value is -2.78. The Morgan fingerprint density at radius 1 is 1.00 bits per heavy atom. The van der Waals surface area contributed by atoms with Crippen molar-refractivity contribution in [3.8, 4) is 0 Å². The van der Waals surface area contributed by atoms with Gasteiger partial charge in [0.05, 0.1) is 6.54 Å². The maximum atomic E-state index is 13.8. The highest BCUT2D eigenvalue weighted by molar-refractivity contribution is 7.09. The maximum absolute atomic E-state index is 13.8. The average Bonchev–Trinajstić information content (AvgIpc) is 3.63. The number of hydrogen-bond donors (Lipinski definition) is 1. The Kier molecular flexibility index (Phi) is 9.29. The summed E-state index contributed by atoms with van der Waals surface area (Å²) < 4.78 is 5.17. The van der Waals surface area contributed by atoms with Crippen LogP contribution in [-0.2, 0) is 28.9 Å². The van der Waals surface area contributed by atoms with Crippen LogP contribution in [-0.4, -0.2) is 73.7 Å². The molecule has 0 bridgehead atoms. The fourth-order valence-corrected chi connectivity index (χ4v) is 6.35. The molecule has 206 valence electrons. The van der Waals surface area contributed by atoms with Gasteiger partial charge in [0, 0.05) is 66.3 Å². The van der Waals surface area contributed by atoms with Crippen LogP contribution in [0.4, 0.5) is 10.5 Å². The van der Waals surface area contributed by atoms with Gasteiger partial charge in [-0.25, -0.2) is 4.79 Å². The van der Waals surface area contributed by atoms with E-state index in [1.807, 2.05) is 11.0 Å². The third-order valence-electron chi connectivity index (χ3n) is 7.25. The van der Waals surface area contributed by atoms with Crippen LogP contribution in [0.2, 0.25) is 10.0 Å². The SMILES string of the molecule is O=C([C@@H](Cc1ccc(Cl)cc1Cl)N1CCOC1=O)N1CCN(c2ccccc2CNCCc2cccs2)CC1. The predicted molar refractivity (Wildman–Crippen MR) is 157 cm³/mol. The number of rotatable bonds is 10. The molecule has 0 saturated carbocycles. The van der Waals surface area contributed by atoms with Crippen molar-refractivity contribution in [1.29, 1.82) is 0 Å². The number of nitrogens with one attached hydrogen (secondary N) is 1. The monoisotopic (exact) mass is 586 g/mol. The molecule has 3 aromatic rings. The lowest BCUT2D eigenvalue weighted by molar-refractivity contribution is -0.136. The fourth-order valence-electron chi connectivity index (χ4n) is 5.15. The van der Waals surface area contributed by atoms with Gasteiger partial charge in [-0.3, -0.25) is 9.69 Å². The van der Waals surface area contributed by atoms with Crippen molar-refractivity contribution in [1.82, 2.24) is 15.1 Å². The molecule has 0 spiro atoms. The lowest BCUT2D eigenvalue weighted by Gasteiger charge is -2.39. The van der Waals surface area contributed by atoms with Crippen LogP contribution in [0.15, 0.2) is 60.0 Å². The smallest absolute Gasteiger partial charge is 0.410 e. The maximum Gasteiger partial charge on any atom is 0.410 e. The highest BCUT2D eigenvalue weighted by Crippen LogP contribution is 2.26. The zero-order chi connectivity index (χ0) is 27.2. The Labute approximate surface area is 243 Å². The van der Waals surface area contributed by atoms with E-state index in [1.165, 1.54) is 21.0 Å². The molecule has 0 aliphatic carbocycles. The summed E-state index contributed by atoms with van der Waals surface area (Å²) in [7, 11) is 0. The van der Waals surface area contributed by atoms with E-state index < -0.39 is 12.1 Å². The van der Waals surface area contributed by atoms with Gasteiger partial charge in [-0.2, -0.15) is 0 Å². The summed E-state index contributed by atoms with van der Waals surface area (Å²) in [5.74, 6) is -0.0805. The molecule has 2 aromatic carbocycles. The van der Waals surface area contributed by atoms with E-state index >= 15 is 0 Å². The fraction of sp³-hybridized carbons (Fsp3) is 0.379. The van der Waals surface area contributed by atoms with E-state index in [2.05, 4.69) is 52.0 Å². The molecule has 7 nitrogen and oxygen atoms in total. The highest BCUT2D eigenvalue weighted by atomic mass is 35.5. The number of carbonyl (C=O) groups excluding carboxylic acids is 2. The number of anilines is 1. The second kappa shape index (κ2) is 13.0. The molecule has 2 saturated heterocycles. The van der Waals surface area contributed by atoms with Crippen molar-refractivity contribution in [3.63, 3.8) is 0 Å². The molecule has 2 fully saturated rings. The molecular weight excluding hydrogens is 555 g/mol. The van der Waals surface area contributed by atoms with Gasteiger partial charge in [-0.05, 0) is 47.2 Å². The van der Waals surface area contributed by atoms with E-state index in [-0.39, 0.29) is 12.5 Å². The number of benzene rings is 2. The average molecular weight is 588 g/mol. The Morgan fingerprint density at radius 2 is 1.82 bits per heavy atom. The Bertz CT molecular complexity index is 1280. The Balaban J connectivity index is 1.22.